The molecule has 3 aromatic rings. The molecule has 3 aromatic carbocycles. The molecule has 0 spiro atoms. The van der Waals surface area contributed by atoms with E-state index in [9.17, 15) is 44.7 Å². The highest BCUT2D eigenvalue weighted by molar-refractivity contribution is 9.10. The number of carbonyl (C=O) groups is 3. The number of nitrogens with one attached hydrogen (secondary N) is 1. The van der Waals surface area contributed by atoms with Gasteiger partial charge < -0.3 is 4.74 Å². The lowest BCUT2D eigenvalue weighted by Gasteiger charge is -2.26. The van der Waals surface area contributed by atoms with Crippen molar-refractivity contribution in [1.29, 1.82) is 0 Å². The van der Waals surface area contributed by atoms with Crippen molar-refractivity contribution in [2.45, 2.75) is 0 Å². The second-order valence-corrected chi connectivity index (χ2v) is 8.60. The van der Waals surface area contributed by atoms with Crippen LogP contribution in [0.4, 0.5) is 27.5 Å². The fourth-order valence-corrected chi connectivity index (χ4v) is 3.84. The third-order valence-electron chi connectivity index (χ3n) is 5.26. The van der Waals surface area contributed by atoms with E-state index in [1.165, 1.54) is 18.2 Å². The summed E-state index contributed by atoms with van der Waals surface area (Å²) in [6, 6.07) is 10.4. The Labute approximate surface area is 224 Å². The van der Waals surface area contributed by atoms with Crippen LogP contribution in [0.1, 0.15) is 5.56 Å². The topological polar surface area (TPSA) is 205 Å². The minimum Gasteiger partial charge on any atom is -0.449 e. The van der Waals surface area contributed by atoms with E-state index in [0.29, 0.717) is 9.37 Å². The van der Waals surface area contributed by atoms with Crippen LogP contribution in [0.25, 0.3) is 6.08 Å². The Morgan fingerprint density at radius 2 is 1.41 bits per heavy atom. The summed E-state index contributed by atoms with van der Waals surface area (Å²) in [6.07, 6.45) is 1.08. The standard InChI is InChI=1S/C23H12BrN5O10/c24-13-1-7-19(39-20-8-6-16(28(35)36)11-18(20)29(37)38)12(9-13)10-17-21(30)25-23(32)26(22(17)31)14-2-4-15(5-3-14)27(33)34/h1-11H,(H,25,30,32)/b17-10+. The number of imide groups is 2. The summed E-state index contributed by atoms with van der Waals surface area (Å²) in [5.41, 5.74) is -2.01. The third-order valence-corrected chi connectivity index (χ3v) is 5.76. The van der Waals surface area contributed by atoms with Crippen molar-refractivity contribution in [1.82, 2.24) is 5.32 Å². The zero-order valence-electron chi connectivity index (χ0n) is 19.1. The Morgan fingerprint density at radius 1 is 0.795 bits per heavy atom. The summed E-state index contributed by atoms with van der Waals surface area (Å²) < 4.78 is 6.12. The van der Waals surface area contributed by atoms with Gasteiger partial charge in [-0.25, -0.2) is 9.69 Å². The van der Waals surface area contributed by atoms with E-state index in [0.717, 1.165) is 48.5 Å². The van der Waals surface area contributed by atoms with E-state index < -0.39 is 49.6 Å². The molecule has 0 aliphatic carbocycles. The molecule has 0 radical (unpaired) electrons. The van der Waals surface area contributed by atoms with Crippen LogP contribution in [0, 0.1) is 30.3 Å². The molecular formula is C23H12BrN5O10. The second-order valence-electron chi connectivity index (χ2n) is 7.68. The molecule has 0 atom stereocenters. The Balaban J connectivity index is 1.75. The van der Waals surface area contributed by atoms with E-state index >= 15 is 0 Å². The molecule has 16 heteroatoms. The summed E-state index contributed by atoms with van der Waals surface area (Å²) in [6.45, 7) is 0. The van der Waals surface area contributed by atoms with Crippen molar-refractivity contribution >= 4 is 62.6 Å². The number of nitro benzene ring substituents is 3. The summed E-state index contributed by atoms with van der Waals surface area (Å²) in [4.78, 5) is 69.9. The summed E-state index contributed by atoms with van der Waals surface area (Å²) >= 11 is 3.24. The summed E-state index contributed by atoms with van der Waals surface area (Å²) in [5.74, 6) is -2.52. The fourth-order valence-electron chi connectivity index (χ4n) is 3.46. The van der Waals surface area contributed by atoms with Gasteiger partial charge in [-0.05, 0) is 42.5 Å². The van der Waals surface area contributed by atoms with E-state index in [4.69, 9.17) is 4.74 Å². The zero-order valence-corrected chi connectivity index (χ0v) is 20.7. The van der Waals surface area contributed by atoms with Crippen LogP contribution in [0.15, 0.2) is 70.7 Å². The van der Waals surface area contributed by atoms with Gasteiger partial charge in [0.25, 0.3) is 23.2 Å². The molecule has 1 saturated heterocycles. The molecule has 0 bridgehead atoms. The van der Waals surface area contributed by atoms with Crippen LogP contribution in [0.5, 0.6) is 11.5 Å². The molecular weight excluding hydrogens is 586 g/mol. The van der Waals surface area contributed by atoms with Gasteiger partial charge in [0.05, 0.1) is 26.5 Å². The van der Waals surface area contributed by atoms with Crippen LogP contribution in [0.3, 0.4) is 0 Å². The number of urea groups is 1. The summed E-state index contributed by atoms with van der Waals surface area (Å²) in [5, 5.41) is 35.4. The maximum Gasteiger partial charge on any atom is 0.335 e. The predicted molar refractivity (Wildman–Crippen MR) is 136 cm³/mol. The van der Waals surface area contributed by atoms with Gasteiger partial charge in [-0.3, -0.25) is 45.2 Å². The highest BCUT2D eigenvalue weighted by Crippen LogP contribution is 2.37. The monoisotopic (exact) mass is 597 g/mol. The van der Waals surface area contributed by atoms with Gasteiger partial charge in [-0.2, -0.15) is 0 Å². The first-order chi connectivity index (χ1) is 18.5. The Bertz CT molecular complexity index is 1620. The van der Waals surface area contributed by atoms with Gasteiger partial charge in [0, 0.05) is 28.2 Å². The molecule has 1 aliphatic rings. The van der Waals surface area contributed by atoms with Crippen LogP contribution in [0.2, 0.25) is 0 Å². The average molecular weight is 598 g/mol. The highest BCUT2D eigenvalue weighted by atomic mass is 79.9. The number of rotatable bonds is 7. The van der Waals surface area contributed by atoms with Crippen molar-refractivity contribution in [3.05, 3.63) is 107 Å². The Hall–Kier alpha value is -5.51. The van der Waals surface area contributed by atoms with Crippen molar-refractivity contribution in [2.75, 3.05) is 4.90 Å². The van der Waals surface area contributed by atoms with Gasteiger partial charge in [0.1, 0.15) is 11.3 Å². The minimum absolute atomic E-state index is 0.0475. The number of hydrogen-bond acceptors (Lipinski definition) is 10. The van der Waals surface area contributed by atoms with Gasteiger partial charge in [0.2, 0.25) is 5.75 Å². The van der Waals surface area contributed by atoms with E-state index in [-0.39, 0.29) is 28.4 Å². The normalized spacial score (nSPS) is 14.2. The lowest BCUT2D eigenvalue weighted by atomic mass is 10.1. The first-order valence-corrected chi connectivity index (χ1v) is 11.3. The molecule has 196 valence electrons. The van der Waals surface area contributed by atoms with Crippen LogP contribution in [-0.4, -0.2) is 32.6 Å². The molecule has 0 saturated carbocycles. The van der Waals surface area contributed by atoms with Crippen molar-refractivity contribution in [3.63, 3.8) is 0 Å². The van der Waals surface area contributed by atoms with Crippen LogP contribution < -0.4 is 15.0 Å². The smallest absolute Gasteiger partial charge is 0.335 e. The maximum atomic E-state index is 13.2. The number of nitro groups is 3. The molecule has 1 heterocycles. The third kappa shape index (κ3) is 5.44. The van der Waals surface area contributed by atoms with Gasteiger partial charge in [-0.15, -0.1) is 0 Å². The number of ether oxygens (including phenoxy) is 1. The number of non-ortho nitro benzene ring substituents is 2. The second kappa shape index (κ2) is 10.5. The van der Waals surface area contributed by atoms with Crippen molar-refractivity contribution < 1.29 is 33.9 Å². The average Bonchev–Trinajstić information content (AvgIpc) is 2.88. The lowest BCUT2D eigenvalue weighted by molar-refractivity contribution is -0.394. The quantitative estimate of drug-likeness (QED) is 0.173. The van der Waals surface area contributed by atoms with Gasteiger partial charge >= 0.3 is 11.7 Å². The van der Waals surface area contributed by atoms with Gasteiger partial charge in [-0.1, -0.05) is 15.9 Å². The van der Waals surface area contributed by atoms with Crippen LogP contribution in [-0.2, 0) is 9.59 Å². The maximum absolute atomic E-state index is 13.2. The largest absolute Gasteiger partial charge is 0.449 e. The Kier molecular flexibility index (Phi) is 7.12. The number of hydrogen-bond donors (Lipinski definition) is 1. The number of barbiturate groups is 1. The number of amides is 4. The molecule has 1 N–H and O–H groups in total. The molecule has 1 fully saturated rings. The van der Waals surface area contributed by atoms with Crippen LogP contribution >= 0.6 is 15.9 Å². The highest BCUT2D eigenvalue weighted by Gasteiger charge is 2.37. The first-order valence-electron chi connectivity index (χ1n) is 10.5. The van der Waals surface area contributed by atoms with Crippen molar-refractivity contribution in [3.8, 4) is 11.5 Å². The lowest BCUT2D eigenvalue weighted by Crippen LogP contribution is -2.54. The first kappa shape index (κ1) is 26.6. The zero-order chi connectivity index (χ0) is 28.4. The van der Waals surface area contributed by atoms with E-state index in [2.05, 4.69) is 15.9 Å². The molecule has 1 aliphatic heterocycles. The number of benzene rings is 3. The molecule has 4 rings (SSSR count). The summed E-state index contributed by atoms with van der Waals surface area (Å²) in [7, 11) is 0. The number of anilines is 1. The molecule has 39 heavy (non-hydrogen) atoms. The molecule has 15 nitrogen and oxygen atoms in total. The molecule has 0 unspecified atom stereocenters. The molecule has 4 amide bonds. The van der Waals surface area contributed by atoms with E-state index in [1.54, 1.807) is 0 Å². The van der Waals surface area contributed by atoms with E-state index in [1.807, 2.05) is 5.32 Å². The minimum atomic E-state index is -1.08. The number of carbonyl (C=O) groups excluding carboxylic acids is 3. The van der Waals surface area contributed by atoms with Gasteiger partial charge in [0.15, 0.2) is 0 Å². The fraction of sp³-hybridized carbons (Fsp3) is 0. The molecule has 0 aromatic heterocycles. The predicted octanol–water partition coefficient (Wildman–Crippen LogP) is 4.63. The number of nitrogens with zero attached hydrogens (tertiary/aromatic N) is 4. The SMILES string of the molecule is O=C1NC(=O)N(c2ccc([N+](=O)[O-])cc2)C(=O)/C1=C/c1cc(Br)ccc1Oc1ccc([N+](=O)[O-])cc1[N+](=O)[O-]. The van der Waals surface area contributed by atoms with Crippen molar-refractivity contribution in [2.24, 2.45) is 0 Å². The number of halogens is 1. The Morgan fingerprint density at radius 3 is 2.03 bits per heavy atom.